The van der Waals surface area contributed by atoms with Crippen LogP contribution in [0.1, 0.15) is 51.0 Å². The predicted octanol–water partition coefficient (Wildman–Crippen LogP) is 1.69. The molecule has 1 saturated heterocycles. The first kappa shape index (κ1) is 21.7. The first-order chi connectivity index (χ1) is 13.3. The Bertz CT molecular complexity index is 671. The number of hydrazine groups is 1. The van der Waals surface area contributed by atoms with E-state index in [1.54, 1.807) is 20.8 Å². The summed E-state index contributed by atoms with van der Waals surface area (Å²) in [6.45, 7) is 10.3. The van der Waals surface area contributed by atoms with Gasteiger partial charge in [-0.3, -0.25) is 10.2 Å². The van der Waals surface area contributed by atoms with E-state index in [0.717, 1.165) is 12.8 Å². The van der Waals surface area contributed by atoms with Crippen LogP contribution in [0, 0.1) is 0 Å². The molecule has 2 amide bonds. The molecule has 0 aliphatic carbocycles. The van der Waals surface area contributed by atoms with Crippen LogP contribution >= 0.6 is 0 Å². The van der Waals surface area contributed by atoms with Gasteiger partial charge in [-0.2, -0.15) is 4.98 Å². The first-order valence-electron chi connectivity index (χ1n) is 9.53. The van der Waals surface area contributed by atoms with Gasteiger partial charge in [0.1, 0.15) is 11.3 Å². The van der Waals surface area contributed by atoms with Gasteiger partial charge >= 0.3 is 6.09 Å². The van der Waals surface area contributed by atoms with Crippen LogP contribution in [0.2, 0.25) is 0 Å². The standard InChI is InChI=1S/C18H30N6O4/c1-5-6-7-19-15(25)13-12-14(22-23-17(26)28-18(2,3)4)21-16(20-13)24-8-10-27-11-9-24/h12H,5-11H2,1-4H3,(H,19,25)(H,23,26)(H,20,21,22). The molecule has 1 fully saturated rings. The Morgan fingerprint density at radius 3 is 2.61 bits per heavy atom. The molecule has 0 saturated carbocycles. The third-order valence-electron chi connectivity index (χ3n) is 3.75. The zero-order valence-electron chi connectivity index (χ0n) is 17.0. The third kappa shape index (κ3) is 7.18. The molecule has 2 heterocycles. The van der Waals surface area contributed by atoms with Crippen molar-refractivity contribution in [2.45, 2.75) is 46.1 Å². The van der Waals surface area contributed by atoms with E-state index >= 15 is 0 Å². The smallest absolute Gasteiger partial charge is 0.426 e. The number of hydrogen-bond donors (Lipinski definition) is 3. The minimum atomic E-state index is -0.645. The highest BCUT2D eigenvalue weighted by Gasteiger charge is 2.19. The average Bonchev–Trinajstić information content (AvgIpc) is 2.65. The van der Waals surface area contributed by atoms with E-state index in [1.165, 1.54) is 6.07 Å². The van der Waals surface area contributed by atoms with E-state index < -0.39 is 11.7 Å². The largest absolute Gasteiger partial charge is 0.443 e. The van der Waals surface area contributed by atoms with Crippen molar-refractivity contribution in [2.75, 3.05) is 43.2 Å². The van der Waals surface area contributed by atoms with E-state index in [1.807, 2.05) is 4.90 Å². The van der Waals surface area contributed by atoms with Crippen molar-refractivity contribution in [1.29, 1.82) is 0 Å². The summed E-state index contributed by atoms with van der Waals surface area (Å²) in [6, 6.07) is 1.49. The van der Waals surface area contributed by atoms with Gasteiger partial charge in [-0.15, -0.1) is 0 Å². The highest BCUT2D eigenvalue weighted by Crippen LogP contribution is 2.15. The second kappa shape index (κ2) is 10.1. The summed E-state index contributed by atoms with van der Waals surface area (Å²) < 4.78 is 10.5. The van der Waals surface area contributed by atoms with Crippen molar-refractivity contribution in [3.8, 4) is 0 Å². The maximum Gasteiger partial charge on any atom is 0.426 e. The fourth-order valence-corrected chi connectivity index (χ4v) is 2.41. The third-order valence-corrected chi connectivity index (χ3v) is 3.75. The summed E-state index contributed by atoms with van der Waals surface area (Å²) in [7, 11) is 0. The van der Waals surface area contributed by atoms with Gasteiger partial charge in [0.05, 0.1) is 13.2 Å². The molecule has 3 N–H and O–H groups in total. The molecular weight excluding hydrogens is 364 g/mol. The molecule has 10 nitrogen and oxygen atoms in total. The summed E-state index contributed by atoms with van der Waals surface area (Å²) >= 11 is 0. The Labute approximate surface area is 165 Å². The van der Waals surface area contributed by atoms with Crippen molar-refractivity contribution in [3.63, 3.8) is 0 Å². The average molecular weight is 394 g/mol. The zero-order chi connectivity index (χ0) is 20.6. The molecule has 28 heavy (non-hydrogen) atoms. The van der Waals surface area contributed by atoms with Crippen molar-refractivity contribution in [3.05, 3.63) is 11.8 Å². The van der Waals surface area contributed by atoms with Crippen molar-refractivity contribution < 1.29 is 19.1 Å². The molecule has 0 unspecified atom stereocenters. The minimum Gasteiger partial charge on any atom is -0.443 e. The van der Waals surface area contributed by atoms with Gasteiger partial charge in [0, 0.05) is 25.7 Å². The Kier molecular flexibility index (Phi) is 7.80. The second-order valence-corrected chi connectivity index (χ2v) is 7.40. The van der Waals surface area contributed by atoms with Crippen LogP contribution in [0.3, 0.4) is 0 Å². The molecule has 0 bridgehead atoms. The number of aromatic nitrogens is 2. The fourth-order valence-electron chi connectivity index (χ4n) is 2.41. The number of rotatable bonds is 7. The van der Waals surface area contributed by atoms with E-state index in [0.29, 0.717) is 44.6 Å². The van der Waals surface area contributed by atoms with Crippen molar-refractivity contribution >= 4 is 23.8 Å². The molecule has 1 aliphatic rings. The number of nitrogens with one attached hydrogen (secondary N) is 3. The number of morpholine rings is 1. The van der Waals surface area contributed by atoms with E-state index in [-0.39, 0.29) is 11.6 Å². The second-order valence-electron chi connectivity index (χ2n) is 7.40. The maximum atomic E-state index is 12.4. The number of carbonyl (C=O) groups excluding carboxylic acids is 2. The Morgan fingerprint density at radius 1 is 1.25 bits per heavy atom. The lowest BCUT2D eigenvalue weighted by Gasteiger charge is -2.27. The van der Waals surface area contributed by atoms with Gasteiger partial charge in [0.15, 0.2) is 5.82 Å². The topological polar surface area (TPSA) is 118 Å². The normalized spacial score (nSPS) is 14.4. The van der Waals surface area contributed by atoms with Gasteiger partial charge in [0.25, 0.3) is 5.91 Å². The number of carbonyl (C=O) groups is 2. The fraction of sp³-hybridized carbons (Fsp3) is 0.667. The molecule has 1 aromatic heterocycles. The monoisotopic (exact) mass is 394 g/mol. The number of unbranched alkanes of at least 4 members (excludes halogenated alkanes) is 1. The van der Waals surface area contributed by atoms with Gasteiger partial charge in [-0.1, -0.05) is 13.3 Å². The Hall–Kier alpha value is -2.62. The molecule has 2 rings (SSSR count). The van der Waals surface area contributed by atoms with Crippen LogP contribution < -0.4 is 21.1 Å². The lowest BCUT2D eigenvalue weighted by molar-refractivity contribution is 0.0540. The predicted molar refractivity (Wildman–Crippen MR) is 105 cm³/mol. The van der Waals surface area contributed by atoms with Crippen LogP contribution in [0.25, 0.3) is 0 Å². The first-order valence-corrected chi connectivity index (χ1v) is 9.53. The van der Waals surface area contributed by atoms with E-state index in [2.05, 4.69) is 33.1 Å². The molecule has 10 heteroatoms. The van der Waals surface area contributed by atoms with Crippen molar-refractivity contribution in [2.24, 2.45) is 0 Å². The van der Waals surface area contributed by atoms with Crippen LogP contribution in [-0.4, -0.2) is 60.4 Å². The van der Waals surface area contributed by atoms with Crippen molar-refractivity contribution in [1.82, 2.24) is 20.7 Å². The summed E-state index contributed by atoms with van der Waals surface area (Å²) in [5.74, 6) is 0.411. The van der Waals surface area contributed by atoms with Crippen LogP contribution in [-0.2, 0) is 9.47 Å². The van der Waals surface area contributed by atoms with E-state index in [9.17, 15) is 9.59 Å². The van der Waals surface area contributed by atoms with Gasteiger partial charge < -0.3 is 19.7 Å². The summed E-state index contributed by atoms with van der Waals surface area (Å²) in [6.07, 6.45) is 1.22. The number of ether oxygens (including phenoxy) is 2. The Balaban J connectivity index is 2.14. The lowest BCUT2D eigenvalue weighted by atomic mass is 10.2. The SMILES string of the molecule is CCCCNC(=O)c1cc(NNC(=O)OC(C)(C)C)nc(N2CCOCC2)n1. The number of hydrogen-bond acceptors (Lipinski definition) is 8. The highest BCUT2D eigenvalue weighted by molar-refractivity contribution is 5.93. The molecule has 156 valence electrons. The summed E-state index contributed by atoms with van der Waals surface area (Å²) in [5.41, 5.74) is 4.72. The highest BCUT2D eigenvalue weighted by atomic mass is 16.6. The lowest BCUT2D eigenvalue weighted by Crippen LogP contribution is -2.39. The quantitative estimate of drug-likeness (QED) is 0.472. The Morgan fingerprint density at radius 2 is 1.96 bits per heavy atom. The molecule has 0 aromatic carbocycles. The number of nitrogens with zero attached hydrogens (tertiary/aromatic N) is 3. The number of amides is 2. The van der Waals surface area contributed by atoms with Crippen LogP contribution in [0.15, 0.2) is 6.07 Å². The summed E-state index contributed by atoms with van der Waals surface area (Å²) in [5, 5.41) is 2.84. The zero-order valence-corrected chi connectivity index (χ0v) is 17.0. The molecular formula is C18H30N6O4. The minimum absolute atomic E-state index is 0.223. The van der Waals surface area contributed by atoms with Gasteiger partial charge in [-0.05, 0) is 27.2 Å². The summed E-state index contributed by atoms with van der Waals surface area (Å²) in [4.78, 5) is 35.0. The molecule has 0 radical (unpaired) electrons. The molecule has 0 spiro atoms. The molecule has 1 aromatic rings. The molecule has 0 atom stereocenters. The van der Waals surface area contributed by atoms with Gasteiger partial charge in [-0.25, -0.2) is 15.2 Å². The maximum absolute atomic E-state index is 12.4. The van der Waals surface area contributed by atoms with Crippen LogP contribution in [0.4, 0.5) is 16.6 Å². The van der Waals surface area contributed by atoms with Gasteiger partial charge in [0.2, 0.25) is 5.95 Å². The van der Waals surface area contributed by atoms with Crippen LogP contribution in [0.5, 0.6) is 0 Å². The number of anilines is 2. The molecule has 1 aliphatic heterocycles. The van der Waals surface area contributed by atoms with E-state index in [4.69, 9.17) is 9.47 Å².